The molecule has 0 heterocycles. The molecule has 0 spiro atoms. The van der Waals surface area contributed by atoms with Crippen molar-refractivity contribution in [1.29, 1.82) is 0 Å². The van der Waals surface area contributed by atoms with E-state index in [1.165, 1.54) is 0 Å². The minimum Gasteiger partial charge on any atom is -0.391 e. The Morgan fingerprint density at radius 3 is 2.12 bits per heavy atom. The molecule has 0 aromatic heterocycles. The number of nitrogens with two attached hydrogens (primary N) is 1. The van der Waals surface area contributed by atoms with Crippen molar-refractivity contribution in [2.45, 2.75) is 26.0 Å². The lowest BCUT2D eigenvalue weighted by Crippen LogP contribution is -2.32. The Hall–Kier alpha value is -0.340. The molecule has 0 bridgehead atoms. The van der Waals surface area contributed by atoms with E-state index in [4.69, 9.17) is 10.8 Å². The van der Waals surface area contributed by atoms with E-state index in [1.807, 2.05) is 0 Å². The van der Waals surface area contributed by atoms with Gasteiger partial charge >= 0.3 is 0 Å². The minimum absolute atomic E-state index is 0.269. The van der Waals surface area contributed by atoms with Gasteiger partial charge in [-0.05, 0) is 13.8 Å². The molecule has 0 fully saturated rings. The number of aliphatic hydroxyl groups is 1. The quantitative estimate of drug-likeness (QED) is 0.507. The van der Waals surface area contributed by atoms with Gasteiger partial charge in [0.1, 0.15) is 0 Å². The largest absolute Gasteiger partial charge is 0.391 e. The Morgan fingerprint density at radius 2 is 2.12 bits per heavy atom. The molecular formula is C6H13NO. The Balaban J connectivity index is 3.64. The number of aliphatic hydroxyl groups excluding tert-OH is 1. The van der Waals surface area contributed by atoms with Crippen LogP contribution in [-0.4, -0.2) is 17.3 Å². The molecule has 0 radical (unpaired) electrons. The maximum Gasteiger partial charge on any atom is 0.0701 e. The van der Waals surface area contributed by atoms with Gasteiger partial charge in [-0.2, -0.15) is 0 Å². The molecule has 48 valence electrons. The second-order valence-corrected chi connectivity index (χ2v) is 2.11. The van der Waals surface area contributed by atoms with Crippen molar-refractivity contribution in [2.75, 3.05) is 0 Å². The van der Waals surface area contributed by atoms with Gasteiger partial charge in [-0.3, -0.25) is 0 Å². The van der Waals surface area contributed by atoms with Gasteiger partial charge in [0.05, 0.1) is 12.1 Å². The highest BCUT2D eigenvalue weighted by molar-refractivity contribution is 5.01. The first-order valence-electron chi connectivity index (χ1n) is 2.64. The van der Waals surface area contributed by atoms with Gasteiger partial charge in [-0.1, -0.05) is 12.2 Å². The van der Waals surface area contributed by atoms with Gasteiger partial charge in [-0.25, -0.2) is 0 Å². The van der Waals surface area contributed by atoms with E-state index in [1.54, 1.807) is 13.8 Å². The van der Waals surface area contributed by atoms with Crippen LogP contribution in [0, 0.1) is 0 Å². The first-order valence-corrected chi connectivity index (χ1v) is 2.64. The molecule has 0 aliphatic carbocycles. The molecule has 2 nitrogen and oxygen atoms in total. The van der Waals surface area contributed by atoms with Gasteiger partial charge < -0.3 is 10.8 Å². The lowest BCUT2D eigenvalue weighted by atomic mass is 10.1. The summed E-state index contributed by atoms with van der Waals surface area (Å²) in [5.41, 5.74) is 6.23. The van der Waals surface area contributed by atoms with Gasteiger partial charge in [0.2, 0.25) is 0 Å². The standard InChI is InChI=1S/C6H13NO/c1-4(2)6(7)5(3)8/h5-6,8H,1,7H2,2-3H3/t5-,6?/m1/s1. The predicted octanol–water partition coefficient (Wildman–Crippen LogP) is 0.271. The van der Waals surface area contributed by atoms with E-state index in [2.05, 4.69) is 6.58 Å². The molecule has 2 atom stereocenters. The highest BCUT2D eigenvalue weighted by atomic mass is 16.3. The van der Waals surface area contributed by atoms with Gasteiger partial charge in [-0.15, -0.1) is 0 Å². The van der Waals surface area contributed by atoms with Crippen molar-refractivity contribution in [3.8, 4) is 0 Å². The van der Waals surface area contributed by atoms with Crippen LogP contribution in [0.1, 0.15) is 13.8 Å². The molecule has 8 heavy (non-hydrogen) atoms. The van der Waals surface area contributed by atoms with Crippen molar-refractivity contribution < 1.29 is 5.11 Å². The number of hydrogen-bond acceptors (Lipinski definition) is 2. The number of rotatable bonds is 2. The van der Waals surface area contributed by atoms with Crippen LogP contribution in [0.3, 0.4) is 0 Å². The van der Waals surface area contributed by atoms with Gasteiger partial charge in [0.25, 0.3) is 0 Å². The fourth-order valence-corrected chi connectivity index (χ4v) is 0.412. The summed E-state index contributed by atoms with van der Waals surface area (Å²) in [4.78, 5) is 0. The van der Waals surface area contributed by atoms with E-state index >= 15 is 0 Å². The monoisotopic (exact) mass is 115 g/mol. The highest BCUT2D eigenvalue weighted by Gasteiger charge is 2.07. The van der Waals surface area contributed by atoms with Crippen molar-refractivity contribution in [3.05, 3.63) is 12.2 Å². The summed E-state index contributed by atoms with van der Waals surface area (Å²) in [6.45, 7) is 7.05. The summed E-state index contributed by atoms with van der Waals surface area (Å²) in [7, 11) is 0. The van der Waals surface area contributed by atoms with E-state index in [0.29, 0.717) is 0 Å². The molecule has 0 saturated heterocycles. The lowest BCUT2D eigenvalue weighted by Gasteiger charge is -2.13. The van der Waals surface area contributed by atoms with Crippen LogP contribution >= 0.6 is 0 Å². The van der Waals surface area contributed by atoms with E-state index in [-0.39, 0.29) is 6.04 Å². The van der Waals surface area contributed by atoms with Crippen molar-refractivity contribution in [3.63, 3.8) is 0 Å². The van der Waals surface area contributed by atoms with Gasteiger partial charge in [0.15, 0.2) is 0 Å². The smallest absolute Gasteiger partial charge is 0.0701 e. The highest BCUT2D eigenvalue weighted by Crippen LogP contribution is 1.98. The van der Waals surface area contributed by atoms with Crippen molar-refractivity contribution in [2.24, 2.45) is 5.73 Å². The Labute approximate surface area is 50.0 Å². The van der Waals surface area contributed by atoms with E-state index in [0.717, 1.165) is 5.57 Å². The van der Waals surface area contributed by atoms with Crippen LogP contribution in [0.15, 0.2) is 12.2 Å². The first-order chi connectivity index (χ1) is 3.55. The molecule has 1 unspecified atom stereocenters. The summed E-state index contributed by atoms with van der Waals surface area (Å²) in [5.74, 6) is 0. The maximum absolute atomic E-state index is 8.81. The molecule has 0 aliphatic heterocycles. The Morgan fingerprint density at radius 1 is 1.75 bits per heavy atom. The summed E-state index contributed by atoms with van der Waals surface area (Å²) in [6, 6.07) is -0.269. The molecule has 2 heteroatoms. The predicted molar refractivity (Wildman–Crippen MR) is 34.5 cm³/mol. The topological polar surface area (TPSA) is 46.2 Å². The average molecular weight is 115 g/mol. The van der Waals surface area contributed by atoms with Crippen LogP contribution in [0.5, 0.6) is 0 Å². The fourth-order valence-electron chi connectivity index (χ4n) is 0.412. The molecular weight excluding hydrogens is 102 g/mol. The SMILES string of the molecule is C=C(C)C(N)[C@@H](C)O. The van der Waals surface area contributed by atoms with Crippen LogP contribution in [0.4, 0.5) is 0 Å². The van der Waals surface area contributed by atoms with E-state index in [9.17, 15) is 0 Å². The average Bonchev–Trinajstić information content (AvgIpc) is 1.64. The third kappa shape index (κ3) is 2.09. The van der Waals surface area contributed by atoms with Crippen LogP contribution < -0.4 is 5.73 Å². The zero-order valence-corrected chi connectivity index (χ0v) is 5.39. The van der Waals surface area contributed by atoms with Crippen LogP contribution in [0.2, 0.25) is 0 Å². The summed E-state index contributed by atoms with van der Waals surface area (Å²) < 4.78 is 0. The second kappa shape index (κ2) is 2.84. The van der Waals surface area contributed by atoms with Crippen molar-refractivity contribution >= 4 is 0 Å². The second-order valence-electron chi connectivity index (χ2n) is 2.11. The zero-order valence-electron chi connectivity index (χ0n) is 5.39. The molecule has 0 amide bonds. The number of hydrogen-bond donors (Lipinski definition) is 2. The molecule has 0 rings (SSSR count). The Kier molecular flexibility index (Phi) is 2.72. The third-order valence-corrected chi connectivity index (χ3v) is 1.09. The third-order valence-electron chi connectivity index (χ3n) is 1.09. The van der Waals surface area contributed by atoms with Crippen LogP contribution in [-0.2, 0) is 0 Å². The van der Waals surface area contributed by atoms with Crippen LogP contribution in [0.25, 0.3) is 0 Å². The zero-order chi connectivity index (χ0) is 6.73. The van der Waals surface area contributed by atoms with Gasteiger partial charge in [0, 0.05) is 0 Å². The molecule has 3 N–H and O–H groups in total. The summed E-state index contributed by atoms with van der Waals surface area (Å²) in [6.07, 6.45) is -0.479. The molecule has 0 aliphatic rings. The van der Waals surface area contributed by atoms with Crippen molar-refractivity contribution in [1.82, 2.24) is 0 Å². The molecule has 0 aromatic carbocycles. The lowest BCUT2D eigenvalue weighted by molar-refractivity contribution is 0.176. The summed E-state index contributed by atoms with van der Waals surface area (Å²) in [5, 5.41) is 8.81. The molecule has 0 saturated carbocycles. The normalized spacial score (nSPS) is 17.5. The minimum atomic E-state index is -0.479. The molecule has 0 aromatic rings. The maximum atomic E-state index is 8.81. The Bertz CT molecular complexity index is 88.5. The van der Waals surface area contributed by atoms with E-state index < -0.39 is 6.10 Å². The summed E-state index contributed by atoms with van der Waals surface area (Å²) >= 11 is 0. The fraction of sp³-hybridized carbons (Fsp3) is 0.667. The first kappa shape index (κ1) is 7.66.